The van der Waals surface area contributed by atoms with Gasteiger partial charge >= 0.3 is 0 Å². The molecule has 6 heterocycles. The van der Waals surface area contributed by atoms with Crippen LogP contribution in [-0.4, -0.2) is 54.3 Å². The van der Waals surface area contributed by atoms with Crippen LogP contribution < -0.4 is 10.1 Å². The average Bonchev–Trinajstić information content (AvgIpc) is 3.58. The zero-order valence-corrected chi connectivity index (χ0v) is 20.0. The minimum Gasteiger partial charge on any atom is -0.489 e. The second kappa shape index (κ2) is 9.11. The summed E-state index contributed by atoms with van der Waals surface area (Å²) in [4.78, 5) is 21.7. The largest absolute Gasteiger partial charge is 0.489 e. The van der Waals surface area contributed by atoms with Gasteiger partial charge < -0.3 is 15.0 Å². The average molecular weight is 489 g/mol. The number of fused-ring (bicyclic) bond motifs is 2. The lowest BCUT2D eigenvalue weighted by atomic mass is 10.1. The first kappa shape index (κ1) is 21.6. The Morgan fingerprint density at radius 1 is 0.865 bits per heavy atom. The molecule has 0 saturated carbocycles. The van der Waals surface area contributed by atoms with E-state index in [4.69, 9.17) is 9.72 Å². The molecule has 0 aliphatic carbocycles. The van der Waals surface area contributed by atoms with Crippen LogP contribution in [0, 0.1) is 0 Å². The lowest BCUT2D eigenvalue weighted by molar-refractivity contribution is 0.162. The topological polar surface area (TPSA) is 117 Å². The molecule has 0 bridgehead atoms. The number of piperidine rings is 1. The minimum absolute atomic E-state index is 0.207. The van der Waals surface area contributed by atoms with Crippen molar-refractivity contribution in [1.82, 2.24) is 40.4 Å². The van der Waals surface area contributed by atoms with Crippen molar-refractivity contribution in [3.05, 3.63) is 73.4 Å². The van der Waals surface area contributed by atoms with Crippen molar-refractivity contribution < 1.29 is 4.74 Å². The Labute approximate surface area is 212 Å². The van der Waals surface area contributed by atoms with Gasteiger partial charge in [-0.3, -0.25) is 20.1 Å². The molecule has 9 heteroatoms. The van der Waals surface area contributed by atoms with Crippen LogP contribution in [0.4, 0.5) is 0 Å². The Hall–Kier alpha value is -4.63. The molecule has 37 heavy (non-hydrogen) atoms. The number of pyridine rings is 3. The minimum atomic E-state index is 0.207. The van der Waals surface area contributed by atoms with Gasteiger partial charge in [-0.25, -0.2) is 4.98 Å². The summed E-state index contributed by atoms with van der Waals surface area (Å²) in [5.74, 6) is 1.45. The number of nitrogens with one attached hydrogen (secondary N) is 3. The first-order chi connectivity index (χ1) is 18.3. The summed E-state index contributed by atoms with van der Waals surface area (Å²) in [6.07, 6.45) is 11.2. The Morgan fingerprint density at radius 3 is 2.68 bits per heavy atom. The molecule has 182 valence electrons. The molecule has 3 N–H and O–H groups in total. The van der Waals surface area contributed by atoms with Crippen LogP contribution in [0.3, 0.4) is 0 Å². The highest BCUT2D eigenvalue weighted by atomic mass is 16.5. The number of benzene rings is 1. The van der Waals surface area contributed by atoms with Crippen molar-refractivity contribution in [3.8, 4) is 39.7 Å². The van der Waals surface area contributed by atoms with Crippen molar-refractivity contribution >= 4 is 21.9 Å². The van der Waals surface area contributed by atoms with E-state index < -0.39 is 0 Å². The van der Waals surface area contributed by atoms with Crippen LogP contribution in [-0.2, 0) is 0 Å². The SMILES string of the molecule is c1cncc(-c2cccc3[nH]c(-c4n[nH]c5cnc(-c6cncc(OC7CCNCC7)c6)cc45)nc23)c1. The second-order valence-electron chi connectivity index (χ2n) is 9.19. The molecular weight excluding hydrogens is 464 g/mol. The molecular formula is C28H24N8O. The summed E-state index contributed by atoms with van der Waals surface area (Å²) in [5, 5.41) is 12.0. The van der Waals surface area contributed by atoms with Crippen LogP contribution in [0.25, 0.3) is 55.8 Å². The van der Waals surface area contributed by atoms with Crippen LogP contribution in [0.5, 0.6) is 5.75 Å². The molecule has 5 aromatic heterocycles. The van der Waals surface area contributed by atoms with Crippen molar-refractivity contribution in [3.63, 3.8) is 0 Å². The van der Waals surface area contributed by atoms with E-state index in [0.29, 0.717) is 5.82 Å². The third-order valence-corrected chi connectivity index (χ3v) is 6.75. The van der Waals surface area contributed by atoms with Gasteiger partial charge in [-0.15, -0.1) is 0 Å². The van der Waals surface area contributed by atoms with Crippen molar-refractivity contribution in [1.29, 1.82) is 0 Å². The first-order valence-electron chi connectivity index (χ1n) is 12.4. The molecule has 9 nitrogen and oxygen atoms in total. The quantitative estimate of drug-likeness (QED) is 0.320. The Kier molecular flexibility index (Phi) is 5.32. The van der Waals surface area contributed by atoms with E-state index in [1.165, 1.54) is 0 Å². The maximum absolute atomic E-state index is 6.20. The van der Waals surface area contributed by atoms with Gasteiger partial charge in [-0.1, -0.05) is 18.2 Å². The van der Waals surface area contributed by atoms with Gasteiger partial charge in [0.15, 0.2) is 5.82 Å². The molecule has 0 atom stereocenters. The second-order valence-corrected chi connectivity index (χ2v) is 9.19. The summed E-state index contributed by atoms with van der Waals surface area (Å²) in [7, 11) is 0. The van der Waals surface area contributed by atoms with E-state index in [0.717, 1.165) is 81.7 Å². The number of nitrogens with zero attached hydrogens (tertiary/aromatic N) is 5. The van der Waals surface area contributed by atoms with Gasteiger partial charge in [0.25, 0.3) is 0 Å². The van der Waals surface area contributed by atoms with Crippen LogP contribution in [0.2, 0.25) is 0 Å². The van der Waals surface area contributed by atoms with Crippen LogP contribution in [0.1, 0.15) is 12.8 Å². The number of hydrogen-bond acceptors (Lipinski definition) is 7. The van der Waals surface area contributed by atoms with E-state index in [1.807, 2.05) is 48.8 Å². The fraction of sp³-hybridized carbons (Fsp3) is 0.179. The molecule has 6 aromatic rings. The zero-order valence-electron chi connectivity index (χ0n) is 20.0. The van der Waals surface area contributed by atoms with Gasteiger partial charge in [0, 0.05) is 40.7 Å². The van der Waals surface area contributed by atoms with E-state index >= 15 is 0 Å². The molecule has 0 amide bonds. The highest BCUT2D eigenvalue weighted by molar-refractivity contribution is 5.97. The fourth-order valence-corrected chi connectivity index (χ4v) is 4.88. The van der Waals surface area contributed by atoms with E-state index in [2.05, 4.69) is 41.5 Å². The predicted molar refractivity (Wildman–Crippen MR) is 142 cm³/mol. The number of rotatable bonds is 5. The van der Waals surface area contributed by atoms with Gasteiger partial charge in [0.1, 0.15) is 17.5 Å². The standard InChI is InChI=1S/C28H24N8O/c1-4-21(17-3-2-8-30-13-17)26-23(5-1)33-28(34-26)27-22-12-24(32-16-25(22)35-36-27)18-11-20(15-31-14-18)37-19-6-9-29-10-7-19/h1-5,8,11-16,19,29H,6-7,9-10H2,(H,33,34)(H,35,36). The number of hydrogen-bond donors (Lipinski definition) is 3. The molecule has 7 rings (SSSR count). The summed E-state index contributed by atoms with van der Waals surface area (Å²) < 4.78 is 6.20. The monoisotopic (exact) mass is 488 g/mol. The molecule has 0 unspecified atom stereocenters. The third-order valence-electron chi connectivity index (χ3n) is 6.75. The normalized spacial score (nSPS) is 14.4. The van der Waals surface area contributed by atoms with Gasteiger partial charge in [0.2, 0.25) is 0 Å². The fourth-order valence-electron chi connectivity index (χ4n) is 4.88. The summed E-state index contributed by atoms with van der Waals surface area (Å²) >= 11 is 0. The smallest absolute Gasteiger partial charge is 0.159 e. The lowest BCUT2D eigenvalue weighted by Gasteiger charge is -2.23. The van der Waals surface area contributed by atoms with Crippen molar-refractivity contribution in [2.45, 2.75) is 18.9 Å². The molecule has 1 fully saturated rings. The van der Waals surface area contributed by atoms with E-state index in [1.54, 1.807) is 18.6 Å². The Bertz CT molecular complexity index is 1700. The number of aromatic amines is 2. The maximum Gasteiger partial charge on any atom is 0.159 e. The number of para-hydroxylation sites is 1. The third kappa shape index (κ3) is 4.09. The molecule has 1 aromatic carbocycles. The Balaban J connectivity index is 1.26. The number of ether oxygens (including phenoxy) is 1. The number of imidazole rings is 1. The van der Waals surface area contributed by atoms with E-state index in [-0.39, 0.29) is 6.10 Å². The highest BCUT2D eigenvalue weighted by Gasteiger charge is 2.18. The maximum atomic E-state index is 6.20. The van der Waals surface area contributed by atoms with Crippen LogP contribution in [0.15, 0.2) is 73.4 Å². The summed E-state index contributed by atoms with van der Waals surface area (Å²) in [6.45, 7) is 1.95. The van der Waals surface area contributed by atoms with E-state index in [9.17, 15) is 0 Å². The number of aromatic nitrogens is 7. The molecule has 0 spiro atoms. The van der Waals surface area contributed by atoms with Crippen LogP contribution >= 0.6 is 0 Å². The molecule has 0 radical (unpaired) electrons. The molecule has 1 saturated heterocycles. The Morgan fingerprint density at radius 2 is 1.78 bits per heavy atom. The van der Waals surface area contributed by atoms with Gasteiger partial charge in [-0.2, -0.15) is 5.10 Å². The van der Waals surface area contributed by atoms with Crippen molar-refractivity contribution in [2.24, 2.45) is 0 Å². The lowest BCUT2D eigenvalue weighted by Crippen LogP contribution is -2.34. The van der Waals surface area contributed by atoms with Gasteiger partial charge in [0.05, 0.1) is 34.6 Å². The first-order valence-corrected chi connectivity index (χ1v) is 12.4. The van der Waals surface area contributed by atoms with Crippen molar-refractivity contribution in [2.75, 3.05) is 13.1 Å². The van der Waals surface area contributed by atoms with Gasteiger partial charge in [-0.05, 0) is 50.2 Å². The zero-order chi connectivity index (χ0) is 24.6. The summed E-state index contributed by atoms with van der Waals surface area (Å²) in [6, 6.07) is 14.1. The summed E-state index contributed by atoms with van der Waals surface area (Å²) in [5.41, 5.74) is 7.12. The highest BCUT2D eigenvalue weighted by Crippen LogP contribution is 2.32. The predicted octanol–water partition coefficient (Wildman–Crippen LogP) is 4.76. The molecule has 1 aliphatic heterocycles. The number of H-pyrrole nitrogens is 2. The molecule has 1 aliphatic rings.